The van der Waals surface area contributed by atoms with Crippen molar-refractivity contribution in [3.8, 4) is 11.8 Å². The Bertz CT molecular complexity index is 811. The number of hydrogen-bond donors (Lipinski definition) is 0. The van der Waals surface area contributed by atoms with Gasteiger partial charge in [0.2, 0.25) is 0 Å². The molecule has 3 rings (SSSR count). The number of fused-ring (bicyclic) bond motifs is 1. The van der Waals surface area contributed by atoms with Crippen LogP contribution < -0.4 is 21.7 Å². The number of para-hydroxylation sites is 1. The lowest BCUT2D eigenvalue weighted by Crippen LogP contribution is -3.00. The van der Waals surface area contributed by atoms with Gasteiger partial charge in [0.25, 0.3) is 5.88 Å². The predicted octanol–water partition coefficient (Wildman–Crippen LogP) is 1.07. The summed E-state index contributed by atoms with van der Waals surface area (Å²) in [6.45, 7) is 4.69. The molecule has 2 heterocycles. The lowest BCUT2D eigenvalue weighted by atomic mass is 10.2. The molecule has 0 aliphatic heterocycles. The summed E-state index contributed by atoms with van der Waals surface area (Å²) in [7, 11) is 3.61. The van der Waals surface area contributed by atoms with Crippen molar-refractivity contribution in [2.75, 3.05) is 12.4 Å². The van der Waals surface area contributed by atoms with Crippen LogP contribution in [0.1, 0.15) is 13.8 Å². The van der Waals surface area contributed by atoms with Crippen molar-refractivity contribution in [3.05, 3.63) is 48.8 Å². The van der Waals surface area contributed by atoms with E-state index in [1.807, 2.05) is 34.5 Å². The zero-order valence-corrected chi connectivity index (χ0v) is 15.9. The fourth-order valence-corrected chi connectivity index (χ4v) is 4.08. The number of pyridine rings is 1. The number of hydrogen-bond acceptors (Lipinski definition) is 5. The Morgan fingerprint density at radius 2 is 1.96 bits per heavy atom. The van der Waals surface area contributed by atoms with Gasteiger partial charge in [-0.15, -0.1) is 0 Å². The summed E-state index contributed by atoms with van der Waals surface area (Å²) in [6.07, 6.45) is 3.73. The molecule has 3 aromatic rings. The minimum atomic E-state index is 0. The van der Waals surface area contributed by atoms with Crippen LogP contribution in [0.25, 0.3) is 16.9 Å². The second kappa shape index (κ2) is 9.11. The number of aromatic nitrogens is 3. The van der Waals surface area contributed by atoms with Crippen LogP contribution in [0.4, 0.5) is 0 Å². The highest BCUT2D eigenvalue weighted by molar-refractivity contribution is 8.76. The summed E-state index contributed by atoms with van der Waals surface area (Å²) in [4.78, 5) is 10.1. The number of rotatable bonds is 6. The van der Waals surface area contributed by atoms with Crippen LogP contribution in [0.15, 0.2) is 53.7 Å². The van der Waals surface area contributed by atoms with Gasteiger partial charge in [0.1, 0.15) is 11.7 Å². The molecule has 0 unspecified atom stereocenters. The summed E-state index contributed by atoms with van der Waals surface area (Å²) in [6, 6.07) is 12.2. The highest BCUT2D eigenvalue weighted by Crippen LogP contribution is 2.34. The molecular weight excluding hydrogens is 362 g/mol. The molecule has 0 spiro atoms. The maximum Gasteiger partial charge on any atom is 0.441 e. The first-order chi connectivity index (χ1) is 11.3. The Labute approximate surface area is 155 Å². The molecule has 7 heteroatoms. The van der Waals surface area contributed by atoms with Crippen molar-refractivity contribution < 1.29 is 21.7 Å². The maximum atomic E-state index is 5.50. The minimum absolute atomic E-state index is 0. The SMILES string of the molecule is CCOc1ccnc(-[n+]2cccc3cccc(SSCC)c32)n1.[Cl-]. The third kappa shape index (κ3) is 4.12. The molecule has 0 saturated carbocycles. The maximum absolute atomic E-state index is 5.50. The van der Waals surface area contributed by atoms with Crippen LogP contribution in [0.3, 0.4) is 0 Å². The van der Waals surface area contributed by atoms with Crippen LogP contribution in [0.5, 0.6) is 5.88 Å². The lowest BCUT2D eigenvalue weighted by molar-refractivity contribution is -0.576. The molecule has 0 aliphatic carbocycles. The van der Waals surface area contributed by atoms with Crippen LogP contribution >= 0.6 is 21.6 Å². The monoisotopic (exact) mass is 379 g/mol. The standard InChI is InChI=1S/C17H18N3OS2.ClH/c1-3-21-15-10-11-18-17(19-15)20-12-6-8-13-7-5-9-14(16(13)20)23-22-4-2;/h5-12H,3-4H2,1-2H3;1H/q+1;/p-1. The number of ether oxygens (including phenoxy) is 1. The van der Waals surface area contributed by atoms with Crippen molar-refractivity contribution in [2.45, 2.75) is 18.7 Å². The molecule has 0 fully saturated rings. The molecule has 1 aromatic carbocycles. The van der Waals surface area contributed by atoms with E-state index in [0.29, 0.717) is 18.4 Å². The van der Waals surface area contributed by atoms with Gasteiger partial charge in [-0.2, -0.15) is 4.57 Å². The third-order valence-corrected chi connectivity index (χ3v) is 5.64. The second-order valence-electron chi connectivity index (χ2n) is 4.69. The molecule has 0 N–H and O–H groups in total. The topological polar surface area (TPSA) is 38.9 Å². The number of nitrogens with zero attached hydrogens (tertiary/aromatic N) is 3. The van der Waals surface area contributed by atoms with Crippen LogP contribution in [0, 0.1) is 0 Å². The Kier molecular flexibility index (Phi) is 7.15. The highest BCUT2D eigenvalue weighted by Gasteiger charge is 2.17. The Balaban J connectivity index is 0.00000208. The number of halogens is 1. The summed E-state index contributed by atoms with van der Waals surface area (Å²) < 4.78 is 7.53. The van der Waals surface area contributed by atoms with Gasteiger partial charge in [-0.25, -0.2) is 0 Å². The van der Waals surface area contributed by atoms with Gasteiger partial charge in [0.05, 0.1) is 23.8 Å². The van der Waals surface area contributed by atoms with E-state index in [-0.39, 0.29) is 12.4 Å². The molecule has 0 aliphatic rings. The minimum Gasteiger partial charge on any atom is -1.00 e. The molecule has 4 nitrogen and oxygen atoms in total. The summed E-state index contributed by atoms with van der Waals surface area (Å²) in [5.74, 6) is 2.27. The van der Waals surface area contributed by atoms with Crippen molar-refractivity contribution in [2.24, 2.45) is 0 Å². The van der Waals surface area contributed by atoms with Gasteiger partial charge in [-0.05, 0) is 30.1 Å². The first-order valence-corrected chi connectivity index (χ1v) is 9.84. The molecule has 0 amide bonds. The van der Waals surface area contributed by atoms with E-state index >= 15 is 0 Å². The Morgan fingerprint density at radius 3 is 2.75 bits per heavy atom. The predicted molar refractivity (Wildman–Crippen MR) is 96.2 cm³/mol. The van der Waals surface area contributed by atoms with E-state index in [4.69, 9.17) is 4.74 Å². The largest absolute Gasteiger partial charge is 1.00 e. The average Bonchev–Trinajstić information content (AvgIpc) is 2.60. The lowest BCUT2D eigenvalue weighted by Gasteiger charge is -2.07. The molecule has 126 valence electrons. The second-order valence-corrected chi connectivity index (χ2v) is 7.32. The van der Waals surface area contributed by atoms with Gasteiger partial charge in [-0.3, -0.25) is 0 Å². The third-order valence-electron chi connectivity index (χ3n) is 3.17. The molecule has 2 aromatic heterocycles. The zero-order chi connectivity index (χ0) is 16.1. The quantitative estimate of drug-likeness (QED) is 0.473. The van der Waals surface area contributed by atoms with Gasteiger partial charge in [0.15, 0.2) is 0 Å². The molecule has 0 atom stereocenters. The van der Waals surface area contributed by atoms with Gasteiger partial charge >= 0.3 is 5.95 Å². The van der Waals surface area contributed by atoms with Crippen molar-refractivity contribution in [1.82, 2.24) is 9.97 Å². The summed E-state index contributed by atoms with van der Waals surface area (Å²) in [5.41, 5.74) is 1.12. The molecular formula is C17H18ClN3OS2. The van der Waals surface area contributed by atoms with E-state index in [9.17, 15) is 0 Å². The highest BCUT2D eigenvalue weighted by atomic mass is 35.5. The van der Waals surface area contributed by atoms with Crippen LogP contribution in [-0.4, -0.2) is 22.3 Å². The summed E-state index contributed by atoms with van der Waals surface area (Å²) in [5, 5.41) is 1.17. The smallest absolute Gasteiger partial charge is 0.441 e. The molecule has 24 heavy (non-hydrogen) atoms. The van der Waals surface area contributed by atoms with Gasteiger partial charge < -0.3 is 17.1 Å². The van der Waals surface area contributed by atoms with Crippen LogP contribution in [0.2, 0.25) is 0 Å². The normalized spacial score (nSPS) is 10.4. The van der Waals surface area contributed by atoms with Crippen molar-refractivity contribution in [3.63, 3.8) is 0 Å². The summed E-state index contributed by atoms with van der Waals surface area (Å²) >= 11 is 0. The fourth-order valence-electron chi connectivity index (χ4n) is 2.27. The first-order valence-electron chi connectivity index (χ1n) is 7.52. The van der Waals surface area contributed by atoms with Gasteiger partial charge in [-0.1, -0.05) is 45.6 Å². The van der Waals surface area contributed by atoms with Gasteiger partial charge in [0, 0.05) is 11.1 Å². The fraction of sp³-hybridized carbons (Fsp3) is 0.235. The van der Waals surface area contributed by atoms with Crippen LogP contribution in [-0.2, 0) is 0 Å². The molecule has 0 saturated heterocycles. The van der Waals surface area contributed by atoms with Crippen molar-refractivity contribution in [1.29, 1.82) is 0 Å². The zero-order valence-electron chi connectivity index (χ0n) is 13.5. The van der Waals surface area contributed by atoms with E-state index < -0.39 is 0 Å². The van der Waals surface area contributed by atoms with E-state index in [1.54, 1.807) is 23.1 Å². The Hall–Kier alpha value is -1.50. The van der Waals surface area contributed by atoms with E-state index in [1.165, 1.54) is 10.3 Å². The van der Waals surface area contributed by atoms with E-state index in [2.05, 4.69) is 41.2 Å². The average molecular weight is 380 g/mol. The Morgan fingerprint density at radius 1 is 1.12 bits per heavy atom. The number of benzene rings is 1. The van der Waals surface area contributed by atoms with E-state index in [0.717, 1.165) is 11.3 Å². The first kappa shape index (κ1) is 18.8. The molecule has 0 radical (unpaired) electrons. The van der Waals surface area contributed by atoms with Crippen molar-refractivity contribution >= 4 is 32.5 Å². The molecule has 0 bridgehead atoms.